The third kappa shape index (κ3) is 8.99. The molecule has 0 aromatic heterocycles. The van der Waals surface area contributed by atoms with Crippen molar-refractivity contribution in [3.8, 4) is 0 Å². The van der Waals surface area contributed by atoms with E-state index in [9.17, 15) is 61.0 Å². The smallest absolute Gasteiger partial charge is 0.310 e. The Morgan fingerprint density at radius 2 is 1.30 bits per heavy atom. The summed E-state index contributed by atoms with van der Waals surface area (Å²) in [4.78, 5) is 13.1. The molecule has 4 saturated heterocycles. The molecule has 406 valence electrons. The third-order valence-electron chi connectivity index (χ3n) is 20.3. The minimum absolute atomic E-state index is 0.0277. The summed E-state index contributed by atoms with van der Waals surface area (Å²) < 4.78 is 47.6. The number of aliphatic hydroxyl groups is 10. The van der Waals surface area contributed by atoms with E-state index < -0.39 is 135 Å². The first-order valence-corrected chi connectivity index (χ1v) is 26.2. The lowest BCUT2D eigenvalue weighted by Crippen LogP contribution is -2.65. The quantitative estimate of drug-likeness (QED) is 0.105. The van der Waals surface area contributed by atoms with Crippen LogP contribution < -0.4 is 0 Å². The molecule has 4 saturated carbocycles. The van der Waals surface area contributed by atoms with Crippen LogP contribution in [0.3, 0.4) is 0 Å². The van der Waals surface area contributed by atoms with Gasteiger partial charge in [-0.2, -0.15) is 0 Å². The summed E-state index contributed by atoms with van der Waals surface area (Å²) >= 11 is 0. The number of hydrogen-bond donors (Lipinski definition) is 11. The maximum Gasteiger partial charge on any atom is 0.310 e. The molecule has 8 fully saturated rings. The number of allylic oxidation sites excluding steroid dienone is 2. The molecule has 4 heterocycles. The molecule has 0 aromatic carbocycles. The van der Waals surface area contributed by atoms with E-state index in [1.54, 1.807) is 0 Å². The van der Waals surface area contributed by atoms with Gasteiger partial charge in [0.2, 0.25) is 0 Å². The van der Waals surface area contributed by atoms with Gasteiger partial charge >= 0.3 is 5.97 Å². The van der Waals surface area contributed by atoms with Crippen LogP contribution >= 0.6 is 0 Å². The summed E-state index contributed by atoms with van der Waals surface area (Å²) in [7, 11) is 0. The van der Waals surface area contributed by atoms with Gasteiger partial charge in [-0.05, 0) is 116 Å². The molecule has 20 nitrogen and oxygen atoms in total. The van der Waals surface area contributed by atoms with Crippen molar-refractivity contribution in [2.75, 3.05) is 19.8 Å². The van der Waals surface area contributed by atoms with E-state index in [1.165, 1.54) is 12.5 Å². The average Bonchev–Trinajstić information content (AvgIpc) is 3.32. The van der Waals surface area contributed by atoms with Gasteiger partial charge in [0.1, 0.15) is 79.4 Å². The number of aliphatic carboxylic acids is 1. The summed E-state index contributed by atoms with van der Waals surface area (Å²) in [6.07, 6.45) is -17.1. The van der Waals surface area contributed by atoms with Gasteiger partial charge in [-0.25, -0.2) is 0 Å². The maximum atomic E-state index is 13.1. The van der Waals surface area contributed by atoms with E-state index in [0.29, 0.717) is 18.8 Å². The summed E-state index contributed by atoms with van der Waals surface area (Å²) in [6, 6.07) is 0. The van der Waals surface area contributed by atoms with E-state index in [1.807, 2.05) is 0 Å². The number of aliphatic hydroxyl groups excluding tert-OH is 10. The number of ether oxygens (including phenoxy) is 8. The molecule has 9 rings (SSSR count). The van der Waals surface area contributed by atoms with Gasteiger partial charge in [-0.1, -0.05) is 53.2 Å². The van der Waals surface area contributed by atoms with Gasteiger partial charge < -0.3 is 94.1 Å². The first kappa shape index (κ1) is 54.3. The lowest BCUT2D eigenvalue weighted by atomic mass is 9.34. The predicted octanol–water partition coefficient (Wildman–Crippen LogP) is 0.446. The van der Waals surface area contributed by atoms with E-state index in [4.69, 9.17) is 37.9 Å². The second-order valence-corrected chi connectivity index (χ2v) is 24.5. The zero-order chi connectivity index (χ0) is 51.5. The van der Waals surface area contributed by atoms with E-state index in [0.717, 1.165) is 51.4 Å². The lowest BCUT2D eigenvalue weighted by Gasteiger charge is -2.70. The molecule has 0 radical (unpaired) electrons. The number of carbonyl (C=O) groups is 1. The second-order valence-electron chi connectivity index (χ2n) is 24.5. The highest BCUT2D eigenvalue weighted by Crippen LogP contribution is 2.75. The van der Waals surface area contributed by atoms with Crippen LogP contribution in [0.4, 0.5) is 0 Å². The van der Waals surface area contributed by atoms with Gasteiger partial charge in [0.15, 0.2) is 25.2 Å². The summed E-state index contributed by atoms with van der Waals surface area (Å²) in [5, 5.41) is 118. The fourth-order valence-corrected chi connectivity index (χ4v) is 15.6. The molecule has 11 N–H and O–H groups in total. The molecular weight excluding hydrogens is 933 g/mol. The summed E-state index contributed by atoms with van der Waals surface area (Å²) in [5.41, 5.74) is 0.559. The Morgan fingerprint density at radius 1 is 0.648 bits per heavy atom. The molecule has 9 aliphatic rings. The Morgan fingerprint density at radius 3 is 2.00 bits per heavy atom. The van der Waals surface area contributed by atoms with E-state index >= 15 is 0 Å². The first-order valence-electron chi connectivity index (χ1n) is 26.2. The lowest BCUT2D eigenvalue weighted by molar-refractivity contribution is -0.381. The first-order chi connectivity index (χ1) is 33.3. The molecule has 71 heavy (non-hydrogen) atoms. The van der Waals surface area contributed by atoms with Crippen molar-refractivity contribution < 1.29 is 98.9 Å². The van der Waals surface area contributed by atoms with Gasteiger partial charge in [-0.3, -0.25) is 4.79 Å². The van der Waals surface area contributed by atoms with Crippen molar-refractivity contribution in [1.82, 2.24) is 0 Å². The minimum Gasteiger partial charge on any atom is -0.481 e. The third-order valence-corrected chi connectivity index (χ3v) is 20.3. The molecule has 0 aromatic rings. The number of carboxylic acid groups (broad SMARTS) is 1. The molecule has 0 spiro atoms. The molecule has 5 aliphatic carbocycles. The molecule has 27 atom stereocenters. The summed E-state index contributed by atoms with van der Waals surface area (Å²) in [5.74, 6) is 0.0856. The van der Waals surface area contributed by atoms with Crippen molar-refractivity contribution in [2.45, 2.75) is 229 Å². The van der Waals surface area contributed by atoms with Crippen LogP contribution in [0.2, 0.25) is 0 Å². The highest BCUT2D eigenvalue weighted by molar-refractivity contribution is 5.76. The van der Waals surface area contributed by atoms with Gasteiger partial charge in [0.05, 0.1) is 37.4 Å². The van der Waals surface area contributed by atoms with Crippen LogP contribution in [0.5, 0.6) is 0 Å². The van der Waals surface area contributed by atoms with Crippen LogP contribution in [-0.4, -0.2) is 199 Å². The van der Waals surface area contributed by atoms with Crippen LogP contribution in [-0.2, 0) is 42.7 Å². The van der Waals surface area contributed by atoms with Crippen LogP contribution in [0.15, 0.2) is 11.6 Å². The number of fused-ring (bicyclic) bond motifs is 7. The van der Waals surface area contributed by atoms with Gasteiger partial charge in [0, 0.05) is 0 Å². The highest BCUT2D eigenvalue weighted by Gasteiger charge is 2.69. The topological polar surface area (TPSA) is 313 Å². The normalized spacial score (nSPS) is 55.2. The zero-order valence-corrected chi connectivity index (χ0v) is 42.1. The Kier molecular flexibility index (Phi) is 15.1. The molecular formula is C51H82O20. The average molecular weight is 1020 g/mol. The van der Waals surface area contributed by atoms with E-state index in [-0.39, 0.29) is 52.1 Å². The van der Waals surface area contributed by atoms with Crippen LogP contribution in [0.25, 0.3) is 0 Å². The Bertz CT molecular complexity index is 1940. The Hall–Kier alpha value is -1.51. The van der Waals surface area contributed by atoms with Crippen LogP contribution in [0.1, 0.15) is 113 Å². The maximum absolute atomic E-state index is 13.1. The molecule has 4 aliphatic heterocycles. The molecule has 0 bridgehead atoms. The summed E-state index contributed by atoms with van der Waals surface area (Å²) in [6.45, 7) is 14.2. The fraction of sp³-hybridized carbons (Fsp3) is 0.941. The monoisotopic (exact) mass is 1010 g/mol. The fourth-order valence-electron chi connectivity index (χ4n) is 15.6. The van der Waals surface area contributed by atoms with Crippen molar-refractivity contribution in [2.24, 2.45) is 50.7 Å². The standard InChI is InChI=1S/C51H82O20/c1-22-24-10-13-50(7)31(9-8-25-26-18-47(3,4)14-16-51(26,46(62)63)17-15-49(25,50)6)48(24,5)12-11-28(22)67-45-41(33(55)27(53)20-64-45)71-44-39(61)40(32(54)23(2)66-44)70-42-37(59)35(57)30(21-65-42)69-43-38(60)36(58)34(56)29(19-52)68-43/h8,22-24,26-45,52-61H,9-21H2,1-7H3,(H,62,63). The molecule has 27 unspecified atom stereocenters. The van der Waals surface area contributed by atoms with Crippen molar-refractivity contribution in [1.29, 1.82) is 0 Å². The largest absolute Gasteiger partial charge is 0.481 e. The number of hydrogen-bond acceptors (Lipinski definition) is 19. The second kappa shape index (κ2) is 19.8. The van der Waals surface area contributed by atoms with Gasteiger partial charge in [0.25, 0.3) is 0 Å². The number of rotatable bonds is 10. The van der Waals surface area contributed by atoms with Crippen molar-refractivity contribution in [3.63, 3.8) is 0 Å². The van der Waals surface area contributed by atoms with Crippen LogP contribution in [0, 0.1) is 50.7 Å². The Balaban J connectivity index is 0.860. The zero-order valence-electron chi connectivity index (χ0n) is 42.1. The Labute approximate surface area is 415 Å². The number of carboxylic acids is 1. The highest BCUT2D eigenvalue weighted by atomic mass is 16.8. The molecule has 20 heteroatoms. The van der Waals surface area contributed by atoms with Gasteiger partial charge in [-0.15, -0.1) is 0 Å². The van der Waals surface area contributed by atoms with Crippen molar-refractivity contribution >= 4 is 5.97 Å². The molecule has 0 amide bonds. The predicted molar refractivity (Wildman–Crippen MR) is 245 cm³/mol. The minimum atomic E-state index is -1.86. The van der Waals surface area contributed by atoms with E-state index in [2.05, 4.69) is 47.6 Å². The van der Waals surface area contributed by atoms with Crippen molar-refractivity contribution in [3.05, 3.63) is 11.6 Å². The SMILES string of the molecule is CC1OC(OC2C(OC3CCC4(C)C(CCC5(C)C4CC=C4C6CC(C)(C)CCC6(C(=O)O)CCC45C)C3C)OCC(O)C2O)C(O)C(OC2OCC(OC3OC(CO)C(O)C(O)C3O)C(O)C2O)C1O.